The van der Waals surface area contributed by atoms with Crippen LogP contribution in [0.1, 0.15) is 68.1 Å². The van der Waals surface area contributed by atoms with E-state index in [1.165, 1.54) is 66.5 Å². The Morgan fingerprint density at radius 3 is 1.55 bits per heavy atom. The minimum atomic E-state index is -0.878. The number of carbonyl (C=O) groups excluding carboxylic acids is 8. The summed E-state index contributed by atoms with van der Waals surface area (Å²) in [5, 5.41) is 22.5. The van der Waals surface area contributed by atoms with Crippen molar-refractivity contribution in [3.63, 3.8) is 0 Å². The smallest absolute Gasteiger partial charge is 0.321 e. The van der Waals surface area contributed by atoms with Gasteiger partial charge in [-0.25, -0.2) is 13.6 Å². The minimum absolute atomic E-state index is 0.0195. The molecule has 2 aliphatic rings. The molecule has 8 rings (SSSR count). The number of azide groups is 1. The van der Waals surface area contributed by atoms with E-state index >= 15 is 0 Å². The summed E-state index contributed by atoms with van der Waals surface area (Å²) in [6, 6.07) is 17.3. The van der Waals surface area contributed by atoms with E-state index < -0.39 is 47.1 Å². The van der Waals surface area contributed by atoms with E-state index in [0.29, 0.717) is 22.1 Å². The molecule has 0 atom stereocenters. The fourth-order valence-corrected chi connectivity index (χ4v) is 8.13. The molecule has 2 saturated carbocycles. The Hall–Kier alpha value is -8.71. The topological polar surface area (TPSA) is 331 Å². The number of fused-ring (bicyclic) bond motifs is 2. The number of nitrogens with two attached hydrogens (primary N) is 2. The molecule has 6 aromatic rings. The van der Waals surface area contributed by atoms with Gasteiger partial charge in [-0.2, -0.15) is 10.2 Å². The molecule has 0 radical (unpaired) electrons. The number of primary amides is 2. The van der Waals surface area contributed by atoms with Gasteiger partial charge in [0.15, 0.2) is 11.4 Å². The molecule has 0 saturated heterocycles. The van der Waals surface area contributed by atoms with Gasteiger partial charge in [-0.1, -0.05) is 47.5 Å². The first-order chi connectivity index (χ1) is 37.1. The van der Waals surface area contributed by atoms with Crippen molar-refractivity contribution in [2.24, 2.45) is 16.6 Å². The zero-order valence-corrected chi connectivity index (χ0v) is 44.1. The first-order valence-corrected chi connectivity index (χ1v) is 24.7. The lowest BCUT2D eigenvalue weighted by molar-refractivity contribution is -0.137. The Bertz CT molecular complexity index is 3360. The van der Waals surface area contributed by atoms with Crippen LogP contribution in [-0.4, -0.2) is 135 Å². The molecule has 2 heterocycles. The highest BCUT2D eigenvalue weighted by Gasteiger charge is 2.36. The minimum Gasteiger partial charge on any atom is -0.364 e. The number of anilines is 1. The van der Waals surface area contributed by atoms with Gasteiger partial charge in [-0.3, -0.25) is 42.9 Å². The zero-order chi connectivity index (χ0) is 57.0. The van der Waals surface area contributed by atoms with Gasteiger partial charge in [-0.15, -0.1) is 0 Å². The quantitative estimate of drug-likeness (QED) is 0.0384. The highest BCUT2D eigenvalue weighted by atomic mass is 35.5. The lowest BCUT2D eigenvalue weighted by Crippen LogP contribution is -2.43. The first-order valence-electron chi connectivity index (χ1n) is 23.9. The second-order valence-electron chi connectivity index (χ2n) is 18.0. The molecule has 2 fully saturated rings. The van der Waals surface area contributed by atoms with E-state index in [1.54, 1.807) is 44.4 Å². The summed E-state index contributed by atoms with van der Waals surface area (Å²) in [5.74, 6) is -5.49. The van der Waals surface area contributed by atoms with Crippen molar-refractivity contribution in [3.05, 3.63) is 133 Å². The SMILES string of the molecule is CN(C)C(=O)Nc1ccc2c(c1)c(C(N)=O)nn2CC(=O)N(CC(=O)NCc1cccc(Cl)c1F)C1CC1.CNC.[N-]=[N+]=NC(=O)c1ccc2c(c1)c(C(N)=O)nn2CC(=O)N(CC(=O)NCc1cccc(Cl)c1F)C1CC1. The Balaban J connectivity index is 0.000000240. The third-order valence-corrected chi connectivity index (χ3v) is 12.4. The molecule has 4 aromatic carbocycles. The van der Waals surface area contributed by atoms with E-state index in [2.05, 4.69) is 41.5 Å². The van der Waals surface area contributed by atoms with Crippen molar-refractivity contribution in [2.45, 2.75) is 63.9 Å². The van der Waals surface area contributed by atoms with Gasteiger partial charge in [0.05, 0.1) is 34.2 Å². The van der Waals surface area contributed by atoms with E-state index in [1.807, 2.05) is 14.1 Å². The maximum absolute atomic E-state index is 14.1. The average molecular weight is 1120 g/mol. The second-order valence-corrected chi connectivity index (χ2v) is 18.8. The number of aromatic nitrogens is 4. The van der Waals surface area contributed by atoms with Gasteiger partial charge >= 0.3 is 6.03 Å². The summed E-state index contributed by atoms with van der Waals surface area (Å²) >= 11 is 11.6. The van der Waals surface area contributed by atoms with Crippen LogP contribution in [0.2, 0.25) is 10.0 Å². The molecule has 0 aliphatic heterocycles. The van der Waals surface area contributed by atoms with Crippen molar-refractivity contribution >= 4 is 98.1 Å². The maximum atomic E-state index is 14.1. The molecule has 78 heavy (non-hydrogen) atoms. The van der Waals surface area contributed by atoms with E-state index in [4.69, 9.17) is 40.2 Å². The maximum Gasteiger partial charge on any atom is 0.321 e. The zero-order valence-electron chi connectivity index (χ0n) is 42.6. The Labute approximate surface area is 453 Å². The summed E-state index contributed by atoms with van der Waals surface area (Å²) in [7, 11) is 6.93. The first kappa shape index (κ1) is 58.5. The number of urea groups is 1. The molecule has 9 amide bonds. The lowest BCUT2D eigenvalue weighted by atomic mass is 10.1. The molecule has 0 spiro atoms. The Morgan fingerprint density at radius 2 is 1.14 bits per heavy atom. The highest BCUT2D eigenvalue weighted by Crippen LogP contribution is 2.30. The van der Waals surface area contributed by atoms with Crippen LogP contribution >= 0.6 is 23.2 Å². The van der Waals surface area contributed by atoms with Crippen molar-refractivity contribution in [1.29, 1.82) is 0 Å². The van der Waals surface area contributed by atoms with E-state index in [0.717, 1.165) is 25.7 Å². The van der Waals surface area contributed by atoms with E-state index in [9.17, 15) is 47.1 Å². The predicted molar refractivity (Wildman–Crippen MR) is 284 cm³/mol. The number of carbonyl (C=O) groups is 8. The van der Waals surface area contributed by atoms with Gasteiger partial charge in [0.1, 0.15) is 24.7 Å². The van der Waals surface area contributed by atoms with Gasteiger partial charge in [0.25, 0.3) is 11.8 Å². The molecule has 410 valence electrons. The number of benzene rings is 4. The standard InChI is InChI=1S/C25H27ClFN7O4.C23H20ClFN8O4.C2H7N/c1-32(2)25(38)30-15-6-9-19-17(10-15)23(24(28)37)31-34(19)13-21(36)33(16-7-8-16)12-20(35)29-11-14-4-3-5-18(26)22(14)27;24-16-3-1-2-13(20(16)25)9-28-18(34)10-32(14-5-6-14)19(35)11-33-17-7-4-12(23(37)29-31-27)8-15(17)21(30-33)22(26)36;1-3-2/h3-6,9-10,16H,7-8,11-13H2,1-2H3,(H2,28,37)(H,29,35)(H,30,38);1-4,7-8,14H,5-6,9-11H2,(H2,26,36)(H,28,34);3H,1-2H3. The van der Waals surface area contributed by atoms with Gasteiger partial charge in [-0.05, 0) is 99.0 Å². The van der Waals surface area contributed by atoms with Crippen molar-refractivity contribution < 1.29 is 47.1 Å². The van der Waals surface area contributed by atoms with Crippen LogP contribution in [0, 0.1) is 11.6 Å². The summed E-state index contributed by atoms with van der Waals surface area (Å²) in [5.41, 5.74) is 20.9. The van der Waals surface area contributed by atoms with Crippen LogP contribution < -0.4 is 32.7 Å². The van der Waals surface area contributed by atoms with Crippen LogP contribution in [-0.2, 0) is 45.4 Å². The number of rotatable bonds is 18. The van der Waals surface area contributed by atoms with Crippen molar-refractivity contribution in [2.75, 3.05) is 46.6 Å². The highest BCUT2D eigenvalue weighted by molar-refractivity contribution is 6.31. The average Bonchev–Trinajstić information content (AvgIpc) is 4.37. The Kier molecular flexibility index (Phi) is 19.8. The number of halogens is 4. The summed E-state index contributed by atoms with van der Waals surface area (Å²) < 4.78 is 30.8. The molecule has 8 N–H and O–H groups in total. The van der Waals surface area contributed by atoms with Crippen LogP contribution in [0.4, 0.5) is 19.3 Å². The number of nitrogens with one attached hydrogen (secondary N) is 4. The summed E-state index contributed by atoms with van der Waals surface area (Å²) in [6.45, 7) is -1.18. The molecule has 0 bridgehead atoms. The summed E-state index contributed by atoms with van der Waals surface area (Å²) in [4.78, 5) is 106. The normalized spacial score (nSPS) is 12.4. The molecule has 28 heteroatoms. The number of nitrogens with zero attached hydrogens (tertiary/aromatic N) is 10. The van der Waals surface area contributed by atoms with E-state index in [-0.39, 0.29) is 107 Å². The van der Waals surface area contributed by atoms with Gasteiger partial charge in [0, 0.05) is 77.3 Å². The van der Waals surface area contributed by atoms with Crippen LogP contribution in [0.3, 0.4) is 0 Å². The Morgan fingerprint density at radius 1 is 0.705 bits per heavy atom. The monoisotopic (exact) mass is 1110 g/mol. The largest absolute Gasteiger partial charge is 0.364 e. The molecular formula is C50H54Cl2F2N16O8. The molecule has 2 aromatic heterocycles. The predicted octanol–water partition coefficient (Wildman–Crippen LogP) is 4.85. The fourth-order valence-electron chi connectivity index (χ4n) is 7.74. The number of hydrogen-bond donors (Lipinski definition) is 6. The van der Waals surface area contributed by atoms with Gasteiger partial charge in [0.2, 0.25) is 29.5 Å². The third kappa shape index (κ3) is 15.0. The van der Waals surface area contributed by atoms with Crippen molar-refractivity contribution in [1.82, 2.24) is 50.2 Å². The van der Waals surface area contributed by atoms with Crippen LogP contribution in [0.25, 0.3) is 32.2 Å². The lowest BCUT2D eigenvalue weighted by Gasteiger charge is -2.22. The van der Waals surface area contributed by atoms with Crippen LogP contribution in [0.15, 0.2) is 77.9 Å². The molecule has 2 aliphatic carbocycles. The summed E-state index contributed by atoms with van der Waals surface area (Å²) in [6.07, 6.45) is 2.95. The third-order valence-electron chi connectivity index (χ3n) is 11.8. The fraction of sp³-hybridized carbons (Fsp3) is 0.320. The van der Waals surface area contributed by atoms with Crippen LogP contribution in [0.5, 0.6) is 0 Å². The second kappa shape index (κ2) is 26.4. The van der Waals surface area contributed by atoms with Gasteiger partial charge < -0.3 is 47.4 Å². The number of hydrogen-bond acceptors (Lipinski definition) is 11. The molecule has 24 nitrogen and oxygen atoms in total. The number of amides is 9. The molecular weight excluding hydrogens is 1060 g/mol. The van der Waals surface area contributed by atoms with Crippen molar-refractivity contribution in [3.8, 4) is 0 Å². The molecule has 0 unspecified atom stereocenters.